The van der Waals surface area contributed by atoms with Gasteiger partial charge in [-0.25, -0.2) is 26.5 Å². The molecule has 26 heavy (non-hydrogen) atoms. The van der Waals surface area contributed by atoms with Gasteiger partial charge in [0, 0.05) is 6.20 Å². The van der Waals surface area contributed by atoms with E-state index < -0.39 is 20.0 Å². The molecular formula is C16H15N3O5S2. The van der Waals surface area contributed by atoms with Crippen molar-refractivity contribution >= 4 is 25.9 Å². The summed E-state index contributed by atoms with van der Waals surface area (Å²) in [5, 5.41) is 0. The number of nitrogens with zero attached hydrogens (tertiary/aromatic N) is 1. The fourth-order valence-corrected chi connectivity index (χ4v) is 4.26. The van der Waals surface area contributed by atoms with E-state index in [2.05, 4.69) is 14.4 Å². The van der Waals surface area contributed by atoms with Crippen molar-refractivity contribution in [2.24, 2.45) is 0 Å². The van der Waals surface area contributed by atoms with E-state index in [1.54, 1.807) is 24.3 Å². The van der Waals surface area contributed by atoms with E-state index in [0.29, 0.717) is 5.76 Å². The monoisotopic (exact) mass is 393 g/mol. The van der Waals surface area contributed by atoms with Crippen LogP contribution >= 0.6 is 0 Å². The van der Waals surface area contributed by atoms with Crippen LogP contribution in [0.5, 0.6) is 0 Å². The Morgan fingerprint density at radius 2 is 1.65 bits per heavy atom. The fourth-order valence-electron chi connectivity index (χ4n) is 2.09. The first-order chi connectivity index (χ1) is 12.4. The van der Waals surface area contributed by atoms with Crippen molar-refractivity contribution in [3.05, 3.63) is 72.8 Å². The van der Waals surface area contributed by atoms with Crippen LogP contribution in [0.3, 0.4) is 0 Å². The minimum absolute atomic E-state index is 0.0432. The second-order valence-electron chi connectivity index (χ2n) is 5.20. The van der Waals surface area contributed by atoms with Gasteiger partial charge in [-0.2, -0.15) is 0 Å². The minimum atomic E-state index is -3.98. The number of nitrogens with one attached hydrogen (secondary N) is 2. The lowest BCUT2D eigenvalue weighted by atomic mass is 10.4. The molecule has 2 heterocycles. The lowest BCUT2D eigenvalue weighted by molar-refractivity contribution is 0.498. The summed E-state index contributed by atoms with van der Waals surface area (Å²) < 4.78 is 59.4. The second kappa shape index (κ2) is 7.28. The molecule has 0 aliphatic heterocycles. The topological polar surface area (TPSA) is 118 Å². The molecule has 0 radical (unpaired) electrons. The van der Waals surface area contributed by atoms with Crippen molar-refractivity contribution in [2.45, 2.75) is 16.3 Å². The number of benzene rings is 1. The summed E-state index contributed by atoms with van der Waals surface area (Å²) in [6, 6.07) is 13.1. The lowest BCUT2D eigenvalue weighted by Gasteiger charge is -2.09. The van der Waals surface area contributed by atoms with Crippen molar-refractivity contribution in [3.8, 4) is 0 Å². The number of sulfonamides is 2. The molecule has 2 N–H and O–H groups in total. The first-order valence-corrected chi connectivity index (χ1v) is 10.4. The Bertz CT molecular complexity index is 1080. The summed E-state index contributed by atoms with van der Waals surface area (Å²) in [5.74, 6) is 0.575. The normalized spacial score (nSPS) is 12.0. The molecule has 0 aliphatic carbocycles. The molecule has 10 heteroatoms. The zero-order valence-corrected chi connectivity index (χ0v) is 15.0. The third-order valence-corrected chi connectivity index (χ3v) is 6.10. The maximum Gasteiger partial charge on any atom is 0.263 e. The maximum absolute atomic E-state index is 12.4. The first-order valence-electron chi connectivity index (χ1n) is 7.43. The standard InChI is InChI=1S/C16H15N3O5S2/c20-25(21,18-12-13-5-4-10-24-13)14-6-3-7-15(11-14)26(22,23)19-16-8-1-2-9-17-16/h1-11,18H,12H2,(H,17,19). The molecule has 136 valence electrons. The van der Waals surface area contributed by atoms with Crippen LogP contribution in [-0.2, 0) is 26.6 Å². The maximum atomic E-state index is 12.4. The summed E-state index contributed by atoms with van der Waals surface area (Å²) in [5.41, 5.74) is 0. The highest BCUT2D eigenvalue weighted by molar-refractivity contribution is 7.93. The van der Waals surface area contributed by atoms with Crippen molar-refractivity contribution in [3.63, 3.8) is 0 Å². The Morgan fingerprint density at radius 3 is 2.31 bits per heavy atom. The molecule has 8 nitrogen and oxygen atoms in total. The summed E-state index contributed by atoms with van der Waals surface area (Å²) in [6.07, 6.45) is 2.87. The smallest absolute Gasteiger partial charge is 0.263 e. The molecule has 0 saturated carbocycles. The van der Waals surface area contributed by atoms with Gasteiger partial charge < -0.3 is 4.42 Å². The summed E-state index contributed by atoms with van der Waals surface area (Å²) in [6.45, 7) is -0.0432. The fraction of sp³-hybridized carbons (Fsp3) is 0.0625. The number of aromatic nitrogens is 1. The van der Waals surface area contributed by atoms with Gasteiger partial charge in [0.2, 0.25) is 10.0 Å². The Morgan fingerprint density at radius 1 is 0.885 bits per heavy atom. The SMILES string of the molecule is O=S(=O)(NCc1ccco1)c1cccc(S(=O)(=O)Nc2ccccn2)c1. The van der Waals surface area contributed by atoms with Gasteiger partial charge in [-0.05, 0) is 42.5 Å². The highest BCUT2D eigenvalue weighted by Crippen LogP contribution is 2.18. The number of furan rings is 1. The molecule has 0 aliphatic rings. The molecule has 2 aromatic heterocycles. The predicted molar refractivity (Wildman–Crippen MR) is 94.2 cm³/mol. The molecule has 1 aromatic carbocycles. The molecule has 0 saturated heterocycles. The quantitative estimate of drug-likeness (QED) is 0.633. The molecule has 3 rings (SSSR count). The predicted octanol–water partition coefficient (Wildman–Crippen LogP) is 1.95. The van der Waals surface area contributed by atoms with Crippen LogP contribution in [0.2, 0.25) is 0 Å². The zero-order chi connectivity index (χ0) is 18.6. The average molecular weight is 393 g/mol. The zero-order valence-electron chi connectivity index (χ0n) is 13.4. The summed E-state index contributed by atoms with van der Waals surface area (Å²) in [4.78, 5) is 3.52. The summed E-state index contributed by atoms with van der Waals surface area (Å²) in [7, 11) is -7.89. The van der Waals surface area contributed by atoms with E-state index in [9.17, 15) is 16.8 Å². The van der Waals surface area contributed by atoms with E-state index in [-0.39, 0.29) is 22.2 Å². The number of hydrogen-bond acceptors (Lipinski definition) is 6. The Balaban J connectivity index is 1.83. The van der Waals surface area contributed by atoms with Gasteiger partial charge in [0.1, 0.15) is 11.6 Å². The molecule has 0 fully saturated rings. The number of rotatable bonds is 7. The van der Waals surface area contributed by atoms with Crippen LogP contribution < -0.4 is 9.44 Å². The third kappa shape index (κ3) is 4.28. The van der Waals surface area contributed by atoms with E-state index in [4.69, 9.17) is 4.42 Å². The first kappa shape index (κ1) is 18.1. The molecule has 0 unspecified atom stereocenters. The Kier molecular flexibility index (Phi) is 5.07. The van der Waals surface area contributed by atoms with Crippen LogP contribution in [0, 0.1) is 0 Å². The van der Waals surface area contributed by atoms with Crippen LogP contribution in [0.4, 0.5) is 5.82 Å². The van der Waals surface area contributed by atoms with Gasteiger partial charge in [0.15, 0.2) is 0 Å². The number of anilines is 1. The number of hydrogen-bond donors (Lipinski definition) is 2. The van der Waals surface area contributed by atoms with E-state index in [1.165, 1.54) is 36.7 Å². The molecule has 0 spiro atoms. The Hall–Kier alpha value is -2.69. The highest BCUT2D eigenvalue weighted by Gasteiger charge is 2.20. The van der Waals surface area contributed by atoms with Crippen molar-refractivity contribution < 1.29 is 21.3 Å². The van der Waals surface area contributed by atoms with Crippen molar-refractivity contribution in [1.82, 2.24) is 9.71 Å². The van der Waals surface area contributed by atoms with E-state index in [1.807, 2.05) is 0 Å². The van der Waals surface area contributed by atoms with E-state index >= 15 is 0 Å². The van der Waals surface area contributed by atoms with Crippen molar-refractivity contribution in [1.29, 1.82) is 0 Å². The van der Waals surface area contributed by atoms with Gasteiger partial charge in [0.25, 0.3) is 10.0 Å². The Labute approximate surface area is 151 Å². The largest absolute Gasteiger partial charge is 0.468 e. The van der Waals surface area contributed by atoms with Gasteiger partial charge in [0.05, 0.1) is 22.6 Å². The van der Waals surface area contributed by atoms with Gasteiger partial charge in [-0.1, -0.05) is 12.1 Å². The molecule has 0 atom stereocenters. The van der Waals surface area contributed by atoms with Gasteiger partial charge >= 0.3 is 0 Å². The lowest BCUT2D eigenvalue weighted by Crippen LogP contribution is -2.23. The number of pyridine rings is 1. The summed E-state index contributed by atoms with van der Waals surface area (Å²) >= 11 is 0. The molecule has 3 aromatic rings. The van der Waals surface area contributed by atoms with Crippen LogP contribution in [0.15, 0.2) is 81.3 Å². The third-order valence-electron chi connectivity index (χ3n) is 3.35. The van der Waals surface area contributed by atoms with Crippen LogP contribution in [0.1, 0.15) is 5.76 Å². The molecule has 0 bridgehead atoms. The van der Waals surface area contributed by atoms with E-state index in [0.717, 1.165) is 6.07 Å². The molecule has 0 amide bonds. The average Bonchev–Trinajstić information content (AvgIpc) is 3.14. The molecular weight excluding hydrogens is 378 g/mol. The van der Waals surface area contributed by atoms with Gasteiger partial charge in [-0.3, -0.25) is 4.72 Å². The van der Waals surface area contributed by atoms with Crippen LogP contribution in [0.25, 0.3) is 0 Å². The van der Waals surface area contributed by atoms with Gasteiger partial charge in [-0.15, -0.1) is 0 Å². The second-order valence-corrected chi connectivity index (χ2v) is 8.65. The highest BCUT2D eigenvalue weighted by atomic mass is 32.2. The minimum Gasteiger partial charge on any atom is -0.468 e. The van der Waals surface area contributed by atoms with Crippen molar-refractivity contribution in [2.75, 3.05) is 4.72 Å². The van der Waals surface area contributed by atoms with Crippen LogP contribution in [-0.4, -0.2) is 21.8 Å².